The zero-order valence-corrected chi connectivity index (χ0v) is 33.4. The van der Waals surface area contributed by atoms with Gasteiger partial charge in [0.1, 0.15) is 23.0 Å². The molecule has 0 aliphatic carbocycles. The van der Waals surface area contributed by atoms with Gasteiger partial charge in [-0.2, -0.15) is 0 Å². The number of hydrogen-bond acceptors (Lipinski definition) is 6. The third-order valence-electron chi connectivity index (χ3n) is 11.5. The van der Waals surface area contributed by atoms with E-state index in [0.717, 1.165) is 66.2 Å². The number of hydrogen-bond donors (Lipinski definition) is 0. The average Bonchev–Trinajstić information content (AvgIpc) is 3.16. The van der Waals surface area contributed by atoms with E-state index in [9.17, 15) is 0 Å². The molecule has 0 saturated heterocycles. The van der Waals surface area contributed by atoms with Crippen LogP contribution in [0.15, 0.2) is 12.1 Å². The first-order valence-electron chi connectivity index (χ1n) is 20.8. The van der Waals surface area contributed by atoms with Crippen molar-refractivity contribution in [3.63, 3.8) is 0 Å². The molecule has 2 atom stereocenters. The minimum atomic E-state index is 0.207. The molecule has 0 spiro atoms. The lowest BCUT2D eigenvalue weighted by atomic mass is 9.84. The fourth-order valence-corrected chi connectivity index (χ4v) is 8.36. The molecule has 0 radical (unpaired) electrons. The molecular weight excluding hydrogens is 636 g/mol. The molecule has 4 rings (SSSR count). The Bertz CT molecular complexity index is 1190. The summed E-state index contributed by atoms with van der Waals surface area (Å²) < 4.78 is 37.0. The van der Waals surface area contributed by atoms with Gasteiger partial charge in [0.2, 0.25) is 0 Å². The number of rotatable bonds is 26. The second-order valence-electron chi connectivity index (χ2n) is 15.1. The van der Waals surface area contributed by atoms with E-state index in [-0.39, 0.29) is 12.2 Å². The third kappa shape index (κ3) is 12.3. The molecule has 2 aromatic carbocycles. The predicted octanol–water partition coefficient (Wildman–Crippen LogP) is 12.0. The summed E-state index contributed by atoms with van der Waals surface area (Å²) in [6.07, 6.45) is 29.1. The van der Waals surface area contributed by atoms with Gasteiger partial charge in [-0.15, -0.1) is 0 Å². The summed E-state index contributed by atoms with van der Waals surface area (Å²) in [5.41, 5.74) is 7.41. The van der Waals surface area contributed by atoms with E-state index in [1.165, 1.54) is 138 Å². The zero-order valence-electron chi connectivity index (χ0n) is 33.4. The van der Waals surface area contributed by atoms with E-state index in [4.69, 9.17) is 28.4 Å². The Balaban J connectivity index is 1.47. The van der Waals surface area contributed by atoms with Gasteiger partial charge in [-0.05, 0) is 36.8 Å². The molecule has 288 valence electrons. The number of methoxy groups -OCH3 is 4. The summed E-state index contributed by atoms with van der Waals surface area (Å²) in [7, 11) is 7.05. The van der Waals surface area contributed by atoms with Gasteiger partial charge >= 0.3 is 0 Å². The predicted molar refractivity (Wildman–Crippen MR) is 210 cm³/mol. The molecule has 2 aromatic rings. The van der Waals surface area contributed by atoms with Crippen molar-refractivity contribution in [1.29, 1.82) is 0 Å². The average molecular weight is 709 g/mol. The van der Waals surface area contributed by atoms with E-state index < -0.39 is 0 Å². The molecule has 0 fully saturated rings. The van der Waals surface area contributed by atoms with Gasteiger partial charge in [0.05, 0.1) is 53.9 Å². The molecule has 6 heteroatoms. The van der Waals surface area contributed by atoms with Crippen LogP contribution in [0, 0.1) is 0 Å². The number of benzene rings is 2. The van der Waals surface area contributed by atoms with Crippen molar-refractivity contribution in [1.82, 2.24) is 0 Å². The number of ether oxygens (including phenoxy) is 6. The van der Waals surface area contributed by atoms with Gasteiger partial charge in [-0.25, -0.2) is 0 Å². The minimum absolute atomic E-state index is 0.207. The van der Waals surface area contributed by atoms with Crippen LogP contribution in [0.4, 0.5) is 0 Å². The van der Waals surface area contributed by atoms with Crippen molar-refractivity contribution >= 4 is 0 Å². The van der Waals surface area contributed by atoms with Crippen LogP contribution in [0.5, 0.6) is 23.0 Å². The monoisotopic (exact) mass is 709 g/mol. The quantitative estimate of drug-likeness (QED) is 0.0907. The molecule has 51 heavy (non-hydrogen) atoms. The fraction of sp³-hybridized carbons (Fsp3) is 0.733. The summed E-state index contributed by atoms with van der Waals surface area (Å²) in [5.74, 6) is 3.45. The van der Waals surface area contributed by atoms with Gasteiger partial charge in [-0.3, -0.25) is 0 Å². The van der Waals surface area contributed by atoms with Gasteiger partial charge in [0.25, 0.3) is 0 Å². The minimum Gasteiger partial charge on any atom is -0.496 e. The molecule has 0 N–H and O–H groups in total. The van der Waals surface area contributed by atoms with Crippen LogP contribution >= 0.6 is 0 Å². The smallest absolute Gasteiger partial charge is 0.128 e. The van der Waals surface area contributed by atoms with Crippen molar-refractivity contribution < 1.29 is 28.4 Å². The van der Waals surface area contributed by atoms with Crippen LogP contribution in [-0.4, -0.2) is 40.6 Å². The summed E-state index contributed by atoms with van der Waals surface area (Å²) in [5, 5.41) is 0. The maximum Gasteiger partial charge on any atom is 0.128 e. The first-order valence-corrected chi connectivity index (χ1v) is 20.8. The SMILES string of the molecule is CCCCCCCCCCCC1Cc2c(c(OC)cc(OC)c2Cc2c(OC)cc(OC)c3c2CC(CCCCCCCCCCC)OC3)CO1. The van der Waals surface area contributed by atoms with Crippen molar-refractivity contribution in [3.05, 3.63) is 45.5 Å². The lowest BCUT2D eigenvalue weighted by molar-refractivity contribution is 0.0198. The van der Waals surface area contributed by atoms with Gasteiger partial charge in [0, 0.05) is 40.8 Å². The van der Waals surface area contributed by atoms with Crippen LogP contribution in [0.1, 0.15) is 176 Å². The Kier molecular flexibility index (Phi) is 18.9. The molecule has 2 heterocycles. The Labute approximate surface area is 311 Å². The van der Waals surface area contributed by atoms with Gasteiger partial charge in [-0.1, -0.05) is 129 Å². The lowest BCUT2D eigenvalue weighted by Crippen LogP contribution is -2.26. The molecule has 0 bridgehead atoms. The maximum atomic E-state index is 6.48. The Morgan fingerprint density at radius 3 is 1.12 bits per heavy atom. The summed E-state index contributed by atoms with van der Waals surface area (Å²) in [6.45, 7) is 5.72. The summed E-state index contributed by atoms with van der Waals surface area (Å²) in [6, 6.07) is 4.10. The number of fused-ring (bicyclic) bond motifs is 2. The van der Waals surface area contributed by atoms with Crippen molar-refractivity contribution in [2.75, 3.05) is 28.4 Å². The lowest BCUT2D eigenvalue weighted by Gasteiger charge is -2.32. The highest BCUT2D eigenvalue weighted by Crippen LogP contribution is 2.44. The summed E-state index contributed by atoms with van der Waals surface area (Å²) in [4.78, 5) is 0. The Morgan fingerprint density at radius 1 is 0.451 bits per heavy atom. The van der Waals surface area contributed by atoms with E-state index in [0.29, 0.717) is 13.2 Å². The molecule has 2 aliphatic rings. The molecule has 6 nitrogen and oxygen atoms in total. The van der Waals surface area contributed by atoms with E-state index in [1.54, 1.807) is 28.4 Å². The van der Waals surface area contributed by atoms with Crippen LogP contribution < -0.4 is 18.9 Å². The normalized spacial score (nSPS) is 16.8. The van der Waals surface area contributed by atoms with E-state index in [2.05, 4.69) is 26.0 Å². The van der Waals surface area contributed by atoms with Crippen LogP contribution in [0.2, 0.25) is 0 Å². The molecule has 0 saturated carbocycles. The standard InChI is InChI=1S/C45H72O6/c1-7-9-11-13-15-17-19-21-23-25-34-27-36-38(42(46-3)30-44(48-5)40(36)32-50-34)29-39-37-28-35(26-24-22-20-18-16-14-12-10-8-2)51-33-41(37)45(49-6)31-43(39)47-4/h30-31,34-35H,7-29,32-33H2,1-6H3. The van der Waals surface area contributed by atoms with Crippen LogP contribution in [0.25, 0.3) is 0 Å². The molecule has 2 aliphatic heterocycles. The van der Waals surface area contributed by atoms with Crippen molar-refractivity contribution in [2.45, 2.75) is 187 Å². The van der Waals surface area contributed by atoms with Gasteiger partial charge < -0.3 is 28.4 Å². The first kappa shape index (κ1) is 41.3. The van der Waals surface area contributed by atoms with Crippen molar-refractivity contribution in [2.24, 2.45) is 0 Å². The van der Waals surface area contributed by atoms with Gasteiger partial charge in [0.15, 0.2) is 0 Å². The molecular formula is C45H72O6. The highest BCUT2D eigenvalue weighted by Gasteiger charge is 2.31. The van der Waals surface area contributed by atoms with E-state index in [1.807, 2.05) is 0 Å². The zero-order chi connectivity index (χ0) is 36.3. The second-order valence-corrected chi connectivity index (χ2v) is 15.1. The second kappa shape index (κ2) is 23.3. The Hall–Kier alpha value is -2.44. The fourth-order valence-electron chi connectivity index (χ4n) is 8.36. The maximum absolute atomic E-state index is 6.48. The first-order chi connectivity index (χ1) is 25.1. The molecule has 0 amide bonds. The third-order valence-corrected chi connectivity index (χ3v) is 11.5. The van der Waals surface area contributed by atoms with Crippen LogP contribution in [0.3, 0.4) is 0 Å². The Morgan fingerprint density at radius 2 is 0.784 bits per heavy atom. The molecule has 2 unspecified atom stereocenters. The van der Waals surface area contributed by atoms with E-state index >= 15 is 0 Å². The highest BCUT2D eigenvalue weighted by molar-refractivity contribution is 5.60. The van der Waals surface area contributed by atoms with Crippen LogP contribution in [-0.2, 0) is 41.9 Å². The molecule has 0 aromatic heterocycles. The topological polar surface area (TPSA) is 55.4 Å². The summed E-state index contributed by atoms with van der Waals surface area (Å²) >= 11 is 0. The van der Waals surface area contributed by atoms with Crippen molar-refractivity contribution in [3.8, 4) is 23.0 Å². The number of unbranched alkanes of at least 4 members (excludes halogenated alkanes) is 16. The largest absolute Gasteiger partial charge is 0.496 e. The highest BCUT2D eigenvalue weighted by atomic mass is 16.5.